The van der Waals surface area contributed by atoms with Gasteiger partial charge in [0.25, 0.3) is 0 Å². The number of aryl methyl sites for hydroxylation is 1. The lowest BCUT2D eigenvalue weighted by Crippen LogP contribution is -2.56. The van der Waals surface area contributed by atoms with Crippen LogP contribution in [0.4, 0.5) is 0 Å². The SMILES string of the molecule is Cn1cc(CC2(N)CCCCC2(C)C)cn1. The first kappa shape index (κ1) is 11.6. The molecule has 0 spiro atoms. The minimum absolute atomic E-state index is 0.0612. The minimum Gasteiger partial charge on any atom is -0.324 e. The van der Waals surface area contributed by atoms with Gasteiger partial charge in [0.1, 0.15) is 0 Å². The molecule has 0 aromatic carbocycles. The molecule has 1 aliphatic rings. The molecule has 0 amide bonds. The van der Waals surface area contributed by atoms with E-state index in [0.29, 0.717) is 0 Å². The van der Waals surface area contributed by atoms with Gasteiger partial charge in [-0.15, -0.1) is 0 Å². The van der Waals surface area contributed by atoms with Crippen molar-refractivity contribution in [2.45, 2.75) is 51.5 Å². The average Bonchev–Trinajstić information content (AvgIpc) is 2.57. The quantitative estimate of drug-likeness (QED) is 0.832. The molecule has 1 heterocycles. The van der Waals surface area contributed by atoms with Crippen LogP contribution in [-0.4, -0.2) is 15.3 Å². The van der Waals surface area contributed by atoms with E-state index in [9.17, 15) is 0 Å². The highest BCUT2D eigenvalue weighted by Gasteiger charge is 2.43. The third-order valence-electron chi connectivity index (χ3n) is 4.30. The summed E-state index contributed by atoms with van der Waals surface area (Å²) in [4.78, 5) is 0. The van der Waals surface area contributed by atoms with Crippen molar-refractivity contribution >= 4 is 0 Å². The van der Waals surface area contributed by atoms with Gasteiger partial charge in [-0.3, -0.25) is 4.68 Å². The number of aromatic nitrogens is 2. The monoisotopic (exact) mass is 221 g/mol. The fourth-order valence-electron chi connectivity index (χ4n) is 2.85. The molecule has 0 bridgehead atoms. The Labute approximate surface area is 98.0 Å². The summed E-state index contributed by atoms with van der Waals surface area (Å²) in [6.45, 7) is 4.62. The molecule has 2 N–H and O–H groups in total. The second kappa shape index (κ2) is 3.88. The first-order chi connectivity index (χ1) is 7.43. The van der Waals surface area contributed by atoms with Crippen LogP contribution in [0.1, 0.15) is 45.1 Å². The zero-order chi connectivity index (χ0) is 11.8. The average molecular weight is 221 g/mol. The van der Waals surface area contributed by atoms with Crippen LogP contribution in [-0.2, 0) is 13.5 Å². The van der Waals surface area contributed by atoms with Gasteiger partial charge in [0.05, 0.1) is 6.20 Å². The first-order valence-corrected chi connectivity index (χ1v) is 6.19. The third-order valence-corrected chi connectivity index (χ3v) is 4.30. The molecule has 0 aliphatic heterocycles. The smallest absolute Gasteiger partial charge is 0.0522 e. The molecule has 0 radical (unpaired) electrons. The highest BCUT2D eigenvalue weighted by Crippen LogP contribution is 2.43. The summed E-state index contributed by atoms with van der Waals surface area (Å²) in [5.41, 5.74) is 8.08. The van der Waals surface area contributed by atoms with Crippen molar-refractivity contribution in [3.63, 3.8) is 0 Å². The van der Waals surface area contributed by atoms with Crippen LogP contribution < -0.4 is 5.73 Å². The van der Waals surface area contributed by atoms with E-state index in [4.69, 9.17) is 5.73 Å². The number of hydrogen-bond acceptors (Lipinski definition) is 2. The molecule has 90 valence electrons. The molecule has 1 atom stereocenters. The summed E-state index contributed by atoms with van der Waals surface area (Å²) in [6.07, 6.45) is 9.93. The Balaban J connectivity index is 2.17. The van der Waals surface area contributed by atoms with Crippen molar-refractivity contribution in [2.24, 2.45) is 18.2 Å². The van der Waals surface area contributed by atoms with E-state index in [1.54, 1.807) is 0 Å². The molecule has 1 unspecified atom stereocenters. The fraction of sp³-hybridized carbons (Fsp3) is 0.769. The second-order valence-electron chi connectivity index (χ2n) is 5.95. The van der Waals surface area contributed by atoms with Crippen LogP contribution in [0.3, 0.4) is 0 Å². The largest absolute Gasteiger partial charge is 0.324 e. The van der Waals surface area contributed by atoms with E-state index in [2.05, 4.69) is 25.1 Å². The summed E-state index contributed by atoms with van der Waals surface area (Å²) in [7, 11) is 1.96. The summed E-state index contributed by atoms with van der Waals surface area (Å²) < 4.78 is 1.86. The van der Waals surface area contributed by atoms with Gasteiger partial charge in [-0.1, -0.05) is 26.7 Å². The van der Waals surface area contributed by atoms with E-state index in [-0.39, 0.29) is 11.0 Å². The number of rotatable bonds is 2. The van der Waals surface area contributed by atoms with Crippen molar-refractivity contribution < 1.29 is 0 Å². The molecule has 1 aliphatic carbocycles. The maximum atomic E-state index is 6.64. The number of hydrogen-bond donors (Lipinski definition) is 1. The Morgan fingerprint density at radius 1 is 1.38 bits per heavy atom. The van der Waals surface area contributed by atoms with Crippen LogP contribution in [0, 0.1) is 5.41 Å². The van der Waals surface area contributed by atoms with Crippen molar-refractivity contribution in [1.82, 2.24) is 9.78 Å². The maximum absolute atomic E-state index is 6.64. The van der Waals surface area contributed by atoms with Crippen LogP contribution in [0.2, 0.25) is 0 Å². The van der Waals surface area contributed by atoms with Crippen molar-refractivity contribution in [2.75, 3.05) is 0 Å². The van der Waals surface area contributed by atoms with Crippen molar-refractivity contribution in [3.05, 3.63) is 18.0 Å². The number of nitrogens with zero attached hydrogens (tertiary/aromatic N) is 2. The van der Waals surface area contributed by atoms with Crippen LogP contribution in [0.15, 0.2) is 12.4 Å². The van der Waals surface area contributed by atoms with Gasteiger partial charge in [0, 0.05) is 18.8 Å². The number of nitrogens with two attached hydrogens (primary N) is 1. The second-order valence-corrected chi connectivity index (χ2v) is 5.95. The van der Waals surface area contributed by atoms with Crippen LogP contribution >= 0.6 is 0 Å². The van der Waals surface area contributed by atoms with E-state index in [0.717, 1.165) is 12.8 Å². The molecule has 1 aromatic heterocycles. The van der Waals surface area contributed by atoms with Gasteiger partial charge in [-0.2, -0.15) is 5.10 Å². The lowest BCUT2D eigenvalue weighted by atomic mass is 9.62. The van der Waals surface area contributed by atoms with Gasteiger partial charge in [0.2, 0.25) is 0 Å². The van der Waals surface area contributed by atoms with Gasteiger partial charge in [-0.25, -0.2) is 0 Å². The Morgan fingerprint density at radius 3 is 2.62 bits per heavy atom. The lowest BCUT2D eigenvalue weighted by molar-refractivity contribution is 0.0990. The van der Waals surface area contributed by atoms with E-state index < -0.39 is 0 Å². The van der Waals surface area contributed by atoms with Gasteiger partial charge >= 0.3 is 0 Å². The van der Waals surface area contributed by atoms with E-state index >= 15 is 0 Å². The zero-order valence-corrected chi connectivity index (χ0v) is 10.7. The first-order valence-electron chi connectivity index (χ1n) is 6.19. The van der Waals surface area contributed by atoms with Crippen molar-refractivity contribution in [3.8, 4) is 0 Å². The summed E-state index contributed by atoms with van der Waals surface area (Å²) >= 11 is 0. The Morgan fingerprint density at radius 2 is 2.06 bits per heavy atom. The van der Waals surface area contributed by atoms with Gasteiger partial charge in [0.15, 0.2) is 0 Å². The summed E-state index contributed by atoms with van der Waals surface area (Å²) in [5, 5.41) is 4.22. The van der Waals surface area contributed by atoms with E-state index in [1.165, 1.54) is 24.8 Å². The maximum Gasteiger partial charge on any atom is 0.0522 e. The molecule has 3 heteroatoms. The molecule has 1 aromatic rings. The normalized spacial score (nSPS) is 29.2. The Kier molecular flexibility index (Phi) is 2.82. The molecular weight excluding hydrogens is 198 g/mol. The topological polar surface area (TPSA) is 43.8 Å². The van der Waals surface area contributed by atoms with Crippen LogP contribution in [0.25, 0.3) is 0 Å². The standard InChI is InChI=1S/C13H23N3/c1-12(2)6-4-5-7-13(12,14)8-11-9-15-16(3)10-11/h9-10H,4-8,14H2,1-3H3. The van der Waals surface area contributed by atoms with Gasteiger partial charge in [-0.05, 0) is 30.2 Å². The minimum atomic E-state index is -0.0612. The molecule has 1 saturated carbocycles. The third kappa shape index (κ3) is 2.01. The molecule has 16 heavy (non-hydrogen) atoms. The predicted molar refractivity (Wildman–Crippen MR) is 66.1 cm³/mol. The highest BCUT2D eigenvalue weighted by atomic mass is 15.2. The van der Waals surface area contributed by atoms with Crippen molar-refractivity contribution in [1.29, 1.82) is 0 Å². The van der Waals surface area contributed by atoms with E-state index in [1.807, 2.05) is 17.9 Å². The summed E-state index contributed by atoms with van der Waals surface area (Å²) in [6, 6.07) is 0. The zero-order valence-electron chi connectivity index (χ0n) is 10.7. The molecular formula is C13H23N3. The lowest BCUT2D eigenvalue weighted by Gasteiger charge is -2.48. The molecule has 1 fully saturated rings. The fourth-order valence-corrected chi connectivity index (χ4v) is 2.85. The van der Waals surface area contributed by atoms with Crippen LogP contribution in [0.5, 0.6) is 0 Å². The Bertz CT molecular complexity index is 367. The highest BCUT2D eigenvalue weighted by molar-refractivity contribution is 5.13. The Hall–Kier alpha value is -0.830. The predicted octanol–water partition coefficient (Wildman–Crippen LogP) is 2.26. The summed E-state index contributed by atoms with van der Waals surface area (Å²) in [5.74, 6) is 0. The molecule has 2 rings (SSSR count). The molecule has 0 saturated heterocycles. The molecule has 3 nitrogen and oxygen atoms in total. The van der Waals surface area contributed by atoms with Gasteiger partial charge < -0.3 is 5.73 Å².